The van der Waals surface area contributed by atoms with Crippen LogP contribution in [0.3, 0.4) is 0 Å². The maximum absolute atomic E-state index is 6.14. The molecule has 15 rings (SSSR count). The minimum absolute atomic E-state index is 0.00822. The number of benzene rings is 8. The van der Waals surface area contributed by atoms with Crippen LogP contribution in [0, 0.1) is 0 Å². The average Bonchev–Trinajstić information content (AvgIpc) is 0.826. The van der Waals surface area contributed by atoms with Gasteiger partial charge in [-0.15, -0.1) is 15.0 Å². The lowest BCUT2D eigenvalue weighted by atomic mass is 9.91. The van der Waals surface area contributed by atoms with E-state index in [2.05, 4.69) is 241 Å². The molecule has 0 amide bonds. The first kappa shape index (κ1) is 57.5. The molecular formula is C82H55N9O3. The lowest BCUT2D eigenvalue weighted by Gasteiger charge is -2.14. The van der Waals surface area contributed by atoms with E-state index in [4.69, 9.17) is 24.2 Å². The summed E-state index contributed by atoms with van der Waals surface area (Å²) in [6.45, 7) is 0. The largest absolute Gasteiger partial charge is 0.467 e. The van der Waals surface area contributed by atoms with Crippen LogP contribution in [0.4, 0.5) is 0 Å². The summed E-state index contributed by atoms with van der Waals surface area (Å²) in [5, 5.41) is 0. The van der Waals surface area contributed by atoms with E-state index in [1.54, 1.807) is 49.3 Å². The van der Waals surface area contributed by atoms with E-state index < -0.39 is 0 Å². The van der Waals surface area contributed by atoms with Gasteiger partial charge < -0.3 is 14.2 Å². The predicted octanol–water partition coefficient (Wildman–Crippen LogP) is 19.8. The summed E-state index contributed by atoms with van der Waals surface area (Å²) in [5.74, 6) is 0.521. The summed E-state index contributed by atoms with van der Waals surface area (Å²) in [5.41, 5.74) is 25.3. The number of pyridine rings is 6. The average molecular weight is 1210 g/mol. The van der Waals surface area contributed by atoms with Crippen molar-refractivity contribution in [2.75, 3.05) is 7.11 Å². The summed E-state index contributed by atoms with van der Waals surface area (Å²) < 4.78 is 17.7. The molecule has 0 atom stereocenters. The van der Waals surface area contributed by atoms with E-state index in [1.807, 2.05) is 61.2 Å². The Bertz CT molecular complexity index is 4660. The molecule has 0 aliphatic carbocycles. The van der Waals surface area contributed by atoms with Crippen molar-refractivity contribution in [1.29, 1.82) is 0 Å². The molecule has 0 radical (unpaired) electrons. The summed E-state index contributed by atoms with van der Waals surface area (Å²) >= 11 is 0. The minimum atomic E-state index is -0.0696. The Morgan fingerprint density at radius 2 is 0.415 bits per heavy atom. The van der Waals surface area contributed by atoms with E-state index in [1.165, 1.54) is 7.11 Å². The Kier molecular flexibility index (Phi) is 16.1. The van der Waals surface area contributed by atoms with Gasteiger partial charge in [-0.05, 0) is 209 Å². The quantitative estimate of drug-likeness (QED) is 0.0856. The fourth-order valence-electron chi connectivity index (χ4n) is 11.6. The van der Waals surface area contributed by atoms with Crippen LogP contribution in [0.1, 0.15) is 0 Å². The number of nitrogens with zero attached hydrogens (tertiary/aromatic N) is 9. The SMILES string of the molecule is COc1nc(Oc2ccc(-c3cccc(-c4cc(-c5cccc(-c6cccnc6)c5)cc(-c5cccc(-c6cccnc6)c5)c4)c3)cn2)nc(Oc2ccc(-c3cccc(-c4cc(-c5cccc(-c6cccnc6)c5)cc(-c5cccc(-c6cccnc6)c5)c4)c3)cn2)n1. The standard InChI is InChI=1S/C82H55N9O3/c1-92-80-89-81(93-78-30-28-70(52-87-78)58-16-6-22-64(40-58)76-44-72(60-18-2-12-54(36-60)66-24-8-32-83-48-66)42-73(45-76)61-19-3-13-55(37-61)67-25-9-33-84-49-67)91-82(90-80)94-79-31-29-71(53-88-79)59-17-7-23-65(41-59)77-46-74(62-20-4-14-56(38-62)68-26-10-34-85-50-68)43-75(47-77)63-21-5-15-57(39-63)69-27-11-35-86-51-69/h2-53H,1H3. The number of aromatic nitrogens is 9. The Hall–Kier alpha value is -12.9. The van der Waals surface area contributed by atoms with E-state index in [-0.39, 0.29) is 29.8 Å². The van der Waals surface area contributed by atoms with Crippen molar-refractivity contribution in [2.24, 2.45) is 0 Å². The molecule has 446 valence electrons. The lowest BCUT2D eigenvalue weighted by molar-refractivity contribution is 0.331. The molecule has 0 aliphatic heterocycles. The molecule has 0 saturated carbocycles. The van der Waals surface area contributed by atoms with Gasteiger partial charge in [0, 0.05) is 107 Å². The maximum atomic E-state index is 6.14. The first-order valence-electron chi connectivity index (χ1n) is 30.6. The van der Waals surface area contributed by atoms with Crippen LogP contribution in [-0.2, 0) is 0 Å². The number of hydrogen-bond donors (Lipinski definition) is 0. The molecule has 0 saturated heterocycles. The molecule has 94 heavy (non-hydrogen) atoms. The normalized spacial score (nSPS) is 11.0. The monoisotopic (exact) mass is 1210 g/mol. The van der Waals surface area contributed by atoms with Crippen molar-refractivity contribution >= 4 is 0 Å². The minimum Gasteiger partial charge on any atom is -0.467 e. The zero-order valence-corrected chi connectivity index (χ0v) is 50.8. The summed E-state index contributed by atoms with van der Waals surface area (Å²) in [6, 6.07) is 88.4. The smallest absolute Gasteiger partial charge is 0.332 e. The molecule has 12 nitrogen and oxygen atoms in total. The van der Waals surface area contributed by atoms with Gasteiger partial charge in [0.25, 0.3) is 0 Å². The summed E-state index contributed by atoms with van der Waals surface area (Å²) in [6.07, 6.45) is 18.3. The molecule has 0 spiro atoms. The molecular weight excluding hydrogens is 1160 g/mol. The molecule has 15 aromatic rings. The second kappa shape index (κ2) is 26.3. The zero-order valence-electron chi connectivity index (χ0n) is 50.8. The van der Waals surface area contributed by atoms with Crippen molar-refractivity contribution in [2.45, 2.75) is 0 Å². The van der Waals surface area contributed by atoms with Crippen molar-refractivity contribution in [3.63, 3.8) is 0 Å². The second-order valence-electron chi connectivity index (χ2n) is 22.4. The topological polar surface area (TPSA) is 144 Å². The van der Waals surface area contributed by atoms with Crippen molar-refractivity contribution in [3.8, 4) is 163 Å². The molecule has 0 fully saturated rings. The van der Waals surface area contributed by atoms with Crippen molar-refractivity contribution in [1.82, 2.24) is 44.9 Å². The van der Waals surface area contributed by atoms with Crippen LogP contribution >= 0.6 is 0 Å². The van der Waals surface area contributed by atoms with E-state index in [0.717, 1.165) is 134 Å². The Labute approximate surface area is 543 Å². The highest BCUT2D eigenvalue weighted by atomic mass is 16.5. The number of rotatable bonds is 17. The molecule has 0 N–H and O–H groups in total. The van der Waals surface area contributed by atoms with Gasteiger partial charge in [-0.3, -0.25) is 19.9 Å². The number of ether oxygens (including phenoxy) is 3. The highest BCUT2D eigenvalue weighted by Crippen LogP contribution is 2.40. The third-order valence-electron chi connectivity index (χ3n) is 16.3. The third kappa shape index (κ3) is 12.9. The number of methoxy groups -OCH3 is 1. The van der Waals surface area contributed by atoms with Gasteiger partial charge in [-0.2, -0.15) is 0 Å². The van der Waals surface area contributed by atoms with Gasteiger partial charge in [-0.1, -0.05) is 133 Å². The van der Waals surface area contributed by atoms with Crippen LogP contribution in [0.25, 0.3) is 134 Å². The van der Waals surface area contributed by atoms with Gasteiger partial charge in [-0.25, -0.2) is 9.97 Å². The lowest BCUT2D eigenvalue weighted by Crippen LogP contribution is -2.02. The van der Waals surface area contributed by atoms with Crippen molar-refractivity contribution < 1.29 is 14.2 Å². The molecule has 0 bridgehead atoms. The number of hydrogen-bond acceptors (Lipinski definition) is 12. The Morgan fingerprint density at radius 1 is 0.202 bits per heavy atom. The van der Waals surface area contributed by atoms with Crippen molar-refractivity contribution in [3.05, 3.63) is 317 Å². The molecule has 8 aromatic carbocycles. The van der Waals surface area contributed by atoms with Crippen LogP contribution in [-0.4, -0.2) is 52.0 Å². The highest BCUT2D eigenvalue weighted by molar-refractivity contribution is 5.87. The fourth-order valence-corrected chi connectivity index (χ4v) is 11.6. The van der Waals surface area contributed by atoms with Crippen LogP contribution in [0.2, 0.25) is 0 Å². The molecule has 12 heteroatoms. The van der Waals surface area contributed by atoms with E-state index >= 15 is 0 Å². The first-order chi connectivity index (χ1) is 46.4. The predicted molar refractivity (Wildman–Crippen MR) is 371 cm³/mol. The molecule has 0 unspecified atom stereocenters. The van der Waals surface area contributed by atoms with E-state index in [0.29, 0.717) is 0 Å². The molecule has 0 aliphatic rings. The highest BCUT2D eigenvalue weighted by Gasteiger charge is 2.17. The maximum Gasteiger partial charge on any atom is 0.332 e. The second-order valence-corrected chi connectivity index (χ2v) is 22.4. The zero-order chi connectivity index (χ0) is 63.0. The van der Waals surface area contributed by atoms with E-state index in [9.17, 15) is 0 Å². The first-order valence-corrected chi connectivity index (χ1v) is 30.6. The summed E-state index contributed by atoms with van der Waals surface area (Å²) in [7, 11) is 1.46. The molecule has 7 heterocycles. The van der Waals surface area contributed by atoms with Gasteiger partial charge in [0.05, 0.1) is 7.11 Å². The van der Waals surface area contributed by atoms with Crippen LogP contribution < -0.4 is 14.2 Å². The Balaban J connectivity index is 0.669. The molecule has 7 aromatic heterocycles. The Morgan fingerprint density at radius 3 is 0.628 bits per heavy atom. The van der Waals surface area contributed by atoms with Gasteiger partial charge in [0.2, 0.25) is 11.8 Å². The fraction of sp³-hybridized carbons (Fsp3) is 0.0122. The van der Waals surface area contributed by atoms with Gasteiger partial charge in [0.1, 0.15) is 0 Å². The third-order valence-corrected chi connectivity index (χ3v) is 16.3. The van der Waals surface area contributed by atoms with Crippen LogP contribution in [0.15, 0.2) is 317 Å². The van der Waals surface area contributed by atoms with Gasteiger partial charge in [0.15, 0.2) is 0 Å². The van der Waals surface area contributed by atoms with Crippen LogP contribution in [0.5, 0.6) is 29.8 Å². The summed E-state index contributed by atoms with van der Waals surface area (Å²) in [4.78, 5) is 40.1. The van der Waals surface area contributed by atoms with Gasteiger partial charge >= 0.3 is 18.0 Å².